The number of hydrogen-bond donors (Lipinski definition) is 3. The highest BCUT2D eigenvalue weighted by Crippen LogP contribution is 1.73. The Hall–Kier alpha value is -3.88. The van der Waals surface area contributed by atoms with Crippen LogP contribution in [0.15, 0.2) is 108 Å². The molecule has 0 saturated heterocycles. The minimum absolute atomic E-state index is 1.38. The fraction of sp³-hybridized carbons (Fsp3) is 0. The minimum atomic E-state index is 1.38. The molecule has 0 amide bonds. The molecule has 0 aromatic carbocycles. The molecule has 5 aromatic heterocycles. The van der Waals surface area contributed by atoms with Crippen LogP contribution in [-0.4, -0.2) is 35.3 Å². The van der Waals surface area contributed by atoms with Crippen LogP contribution in [0.25, 0.3) is 0 Å². The van der Waals surface area contributed by atoms with Gasteiger partial charge in [0.15, 0.2) is 6.39 Å². The molecular weight excluding hydrogens is 322 g/mol. The Morgan fingerprint density at radius 1 is 0.680 bits per heavy atom. The second-order valence-electron chi connectivity index (χ2n) is 3.78. The molecule has 0 atom stereocenters. The van der Waals surface area contributed by atoms with E-state index in [0.29, 0.717) is 0 Å². The van der Waals surface area contributed by atoms with Gasteiger partial charge in [0.1, 0.15) is 12.5 Å². The molecule has 9 nitrogen and oxygen atoms in total. The average Bonchev–Trinajstić information content (AvgIpc) is 3.55. The Balaban J connectivity index is 0.000000156. The lowest BCUT2D eigenvalue weighted by Crippen LogP contribution is -1.53. The number of imidazole rings is 1. The number of aromatic nitrogens is 7. The summed E-state index contributed by atoms with van der Waals surface area (Å²) in [5, 5.41) is 9.56. The number of aromatic amines is 3. The van der Waals surface area contributed by atoms with Crippen molar-refractivity contribution in [1.82, 2.24) is 35.3 Å². The van der Waals surface area contributed by atoms with Crippen molar-refractivity contribution >= 4 is 0 Å². The van der Waals surface area contributed by atoms with Crippen molar-refractivity contribution in [2.24, 2.45) is 0 Å². The van der Waals surface area contributed by atoms with E-state index in [1.165, 1.54) is 18.9 Å². The third kappa shape index (κ3) is 14.8. The highest BCUT2D eigenvalue weighted by Gasteiger charge is 1.60. The number of oxazole rings is 1. The topological polar surface area (TPSA) is 125 Å². The van der Waals surface area contributed by atoms with Crippen LogP contribution in [0.1, 0.15) is 0 Å². The summed E-state index contributed by atoms with van der Waals surface area (Å²) in [7, 11) is 0. The predicted octanol–water partition coefficient (Wildman–Crippen LogP) is 3.18. The maximum absolute atomic E-state index is 4.47. The zero-order valence-corrected chi connectivity index (χ0v) is 13.3. The van der Waals surface area contributed by atoms with E-state index in [0.717, 1.165) is 0 Å². The van der Waals surface area contributed by atoms with Crippen molar-refractivity contribution in [2.75, 3.05) is 0 Å². The third-order valence-corrected chi connectivity index (χ3v) is 2.00. The molecule has 0 saturated carbocycles. The van der Waals surface area contributed by atoms with Crippen molar-refractivity contribution in [3.8, 4) is 0 Å². The summed E-state index contributed by atoms with van der Waals surface area (Å²) in [6.07, 6.45) is 19.9. The first-order chi connectivity index (χ1) is 12.5. The molecule has 9 heteroatoms. The summed E-state index contributed by atoms with van der Waals surface area (Å²) >= 11 is 0. The van der Waals surface area contributed by atoms with E-state index in [2.05, 4.69) is 44.2 Å². The molecule has 130 valence electrons. The molecule has 5 heterocycles. The van der Waals surface area contributed by atoms with E-state index >= 15 is 0 Å². The quantitative estimate of drug-likeness (QED) is 0.397. The molecule has 0 bridgehead atoms. The van der Waals surface area contributed by atoms with Gasteiger partial charge in [0.05, 0.1) is 18.7 Å². The number of nitrogens with zero attached hydrogens (tertiary/aromatic N) is 4. The Kier molecular flexibility index (Phi) is 12.6. The summed E-state index contributed by atoms with van der Waals surface area (Å²) in [5.74, 6) is 0. The van der Waals surface area contributed by atoms with E-state index in [4.69, 9.17) is 0 Å². The van der Waals surface area contributed by atoms with E-state index in [-0.39, 0.29) is 0 Å². The average molecular weight is 341 g/mol. The fourth-order valence-electron chi connectivity index (χ4n) is 1.06. The van der Waals surface area contributed by atoms with Crippen molar-refractivity contribution < 1.29 is 8.94 Å². The maximum Gasteiger partial charge on any atom is 0.180 e. The van der Waals surface area contributed by atoms with Crippen LogP contribution in [0, 0.1) is 0 Å². The molecule has 25 heavy (non-hydrogen) atoms. The first-order valence-electron chi connectivity index (χ1n) is 7.11. The van der Waals surface area contributed by atoms with Crippen molar-refractivity contribution in [3.63, 3.8) is 0 Å². The third-order valence-electron chi connectivity index (χ3n) is 2.00. The van der Waals surface area contributed by atoms with Gasteiger partial charge >= 0.3 is 0 Å². The standard InChI is InChI=1S/C4H5N.2C3H4N2.2C3H3NO/c1-2-4-5-3-1;1-2-5-3-4-1;1-2-4-5-3-1;1-2-5-3-4-1;1-2-4-5-3-1/h1-5H;2*1-3H,(H,4,5);2*1-3H. The molecule has 0 aliphatic carbocycles. The van der Waals surface area contributed by atoms with Gasteiger partial charge in [0.2, 0.25) is 0 Å². The lowest BCUT2D eigenvalue weighted by molar-refractivity contribution is 0.420. The monoisotopic (exact) mass is 341 g/mol. The molecule has 0 radical (unpaired) electrons. The van der Waals surface area contributed by atoms with Gasteiger partial charge in [-0.15, -0.1) is 0 Å². The molecule has 0 aliphatic heterocycles. The zero-order valence-electron chi connectivity index (χ0n) is 13.3. The molecular formula is C16H19N7O2. The number of H-pyrrole nitrogens is 3. The highest BCUT2D eigenvalue weighted by atomic mass is 16.5. The molecule has 5 rings (SSSR count). The Morgan fingerprint density at radius 3 is 1.80 bits per heavy atom. The molecule has 0 unspecified atom stereocenters. The van der Waals surface area contributed by atoms with Crippen LogP contribution in [0.3, 0.4) is 0 Å². The fourth-order valence-corrected chi connectivity index (χ4v) is 1.06. The van der Waals surface area contributed by atoms with Crippen molar-refractivity contribution in [3.05, 3.63) is 99.1 Å². The predicted molar refractivity (Wildman–Crippen MR) is 91.0 cm³/mol. The smallest absolute Gasteiger partial charge is 0.180 e. The van der Waals surface area contributed by atoms with E-state index < -0.39 is 0 Å². The first-order valence-corrected chi connectivity index (χ1v) is 7.11. The van der Waals surface area contributed by atoms with E-state index in [1.807, 2.05) is 30.6 Å². The molecule has 5 aromatic rings. The number of rotatable bonds is 0. The Morgan fingerprint density at radius 2 is 1.60 bits per heavy atom. The second-order valence-corrected chi connectivity index (χ2v) is 3.78. The lowest BCUT2D eigenvalue weighted by Gasteiger charge is -1.49. The van der Waals surface area contributed by atoms with E-state index in [9.17, 15) is 0 Å². The van der Waals surface area contributed by atoms with Gasteiger partial charge in [-0.05, 0) is 24.3 Å². The van der Waals surface area contributed by atoms with Crippen LogP contribution in [0.4, 0.5) is 0 Å². The van der Waals surface area contributed by atoms with Crippen molar-refractivity contribution in [2.45, 2.75) is 0 Å². The van der Waals surface area contributed by atoms with Gasteiger partial charge in [-0.1, -0.05) is 5.16 Å². The lowest BCUT2D eigenvalue weighted by atomic mass is 10.7. The largest absolute Gasteiger partial charge is 0.452 e. The molecule has 0 aliphatic rings. The van der Waals surface area contributed by atoms with Crippen LogP contribution in [0.5, 0.6) is 0 Å². The molecule has 3 N–H and O–H groups in total. The number of nitrogens with one attached hydrogen (secondary N) is 3. The molecule has 0 spiro atoms. The van der Waals surface area contributed by atoms with Crippen LogP contribution < -0.4 is 0 Å². The van der Waals surface area contributed by atoms with Gasteiger partial charge in [-0.3, -0.25) is 5.10 Å². The Bertz CT molecular complexity index is 465. The normalized spacial score (nSPS) is 8.00. The number of hydrogen-bond acceptors (Lipinski definition) is 6. The second kappa shape index (κ2) is 16.5. The minimum Gasteiger partial charge on any atom is -0.452 e. The summed E-state index contributed by atoms with van der Waals surface area (Å²) in [4.78, 5) is 12.8. The summed E-state index contributed by atoms with van der Waals surface area (Å²) in [5.41, 5.74) is 0. The van der Waals surface area contributed by atoms with Gasteiger partial charge in [0.25, 0.3) is 0 Å². The van der Waals surface area contributed by atoms with Crippen molar-refractivity contribution in [1.29, 1.82) is 0 Å². The Labute approximate surface area is 144 Å². The van der Waals surface area contributed by atoms with Gasteiger partial charge in [-0.25, -0.2) is 9.97 Å². The molecule has 0 fully saturated rings. The highest BCUT2D eigenvalue weighted by molar-refractivity contribution is 4.84. The van der Waals surface area contributed by atoms with Gasteiger partial charge < -0.3 is 18.9 Å². The van der Waals surface area contributed by atoms with Crippen LogP contribution in [-0.2, 0) is 0 Å². The van der Waals surface area contributed by atoms with Gasteiger partial charge in [-0.2, -0.15) is 5.10 Å². The van der Waals surface area contributed by atoms with E-state index in [1.54, 1.807) is 49.6 Å². The SMILES string of the molecule is c1c[nH]cn1.c1cc[nH]c1.c1cn[nH]c1.c1cnoc1.c1cocn1. The summed E-state index contributed by atoms with van der Waals surface area (Å²) in [6, 6.07) is 7.44. The zero-order chi connectivity index (χ0) is 17.7. The van der Waals surface area contributed by atoms with Crippen LogP contribution >= 0.6 is 0 Å². The van der Waals surface area contributed by atoms with Crippen LogP contribution in [0.2, 0.25) is 0 Å². The van der Waals surface area contributed by atoms with Gasteiger partial charge in [0, 0.05) is 37.2 Å². The maximum atomic E-state index is 4.47. The summed E-state index contributed by atoms with van der Waals surface area (Å²) in [6.45, 7) is 0. The summed E-state index contributed by atoms with van der Waals surface area (Å²) < 4.78 is 8.81. The first kappa shape index (κ1) is 19.2.